The van der Waals surface area contributed by atoms with E-state index in [0.29, 0.717) is 0 Å². The number of rotatable bonds is 4. The molecule has 0 radical (unpaired) electrons. The van der Waals surface area contributed by atoms with Crippen LogP contribution < -0.4 is 10.0 Å². The van der Waals surface area contributed by atoms with Crippen molar-refractivity contribution in [2.24, 2.45) is 0 Å². The summed E-state index contributed by atoms with van der Waals surface area (Å²) in [5.41, 5.74) is 0. The normalized spacial score (nSPS) is 23.0. The highest BCUT2D eigenvalue weighted by Gasteiger charge is 2.43. The van der Waals surface area contributed by atoms with Gasteiger partial charge in [0, 0.05) is 0 Å². The number of hydrogen-bond acceptors (Lipinski definition) is 5. The Morgan fingerprint density at radius 3 is 2.19 bits per heavy atom. The zero-order chi connectivity index (χ0) is 19.9. The van der Waals surface area contributed by atoms with E-state index in [1.54, 1.807) is 0 Å². The topological polar surface area (TPSA) is 109 Å². The van der Waals surface area contributed by atoms with Gasteiger partial charge < -0.3 is 5.32 Å². The van der Waals surface area contributed by atoms with Crippen LogP contribution in [0.15, 0.2) is 23.1 Å². The summed E-state index contributed by atoms with van der Waals surface area (Å²) in [5, 5.41) is 2.39. The third-order valence-electron chi connectivity index (χ3n) is 3.43. The van der Waals surface area contributed by atoms with Gasteiger partial charge in [-0.25, -0.2) is 21.6 Å². The van der Waals surface area contributed by atoms with Crippen molar-refractivity contribution < 1.29 is 21.6 Å². The van der Waals surface area contributed by atoms with Crippen molar-refractivity contribution >= 4 is 83.8 Å². The van der Waals surface area contributed by atoms with Crippen molar-refractivity contribution in [1.82, 2.24) is 10.0 Å². The number of halogens is 5. The summed E-state index contributed by atoms with van der Waals surface area (Å²) in [7, 11) is -7.77. The van der Waals surface area contributed by atoms with Crippen LogP contribution in [0.5, 0.6) is 0 Å². The lowest BCUT2D eigenvalue weighted by atomic mass is 10.2. The average Bonchev–Trinajstić information content (AvgIpc) is 2.73. The molecule has 2 rings (SSSR count). The number of sulfone groups is 1. The molecule has 1 heterocycles. The summed E-state index contributed by atoms with van der Waals surface area (Å²) >= 11 is 27.9. The van der Waals surface area contributed by atoms with Gasteiger partial charge in [-0.1, -0.05) is 58.0 Å². The second kappa shape index (κ2) is 7.79. The summed E-state index contributed by atoms with van der Waals surface area (Å²) in [6, 6.07) is 1.34. The lowest BCUT2D eigenvalue weighted by molar-refractivity contribution is -0.120. The molecule has 2 N–H and O–H groups in total. The Hall–Kier alpha value is 0.000000000000000111. The van der Waals surface area contributed by atoms with Gasteiger partial charge in [-0.05, 0) is 18.2 Å². The highest BCUT2D eigenvalue weighted by molar-refractivity contribution is 7.92. The first-order chi connectivity index (χ1) is 11.7. The first-order valence-corrected chi connectivity index (χ1v) is 12.0. The third-order valence-corrected chi connectivity index (χ3v) is 7.91. The predicted octanol–water partition coefficient (Wildman–Crippen LogP) is 1.92. The smallest absolute Gasteiger partial charge is 0.272 e. The Labute approximate surface area is 175 Å². The summed E-state index contributed by atoms with van der Waals surface area (Å²) in [4.78, 5) is 11.6. The fourth-order valence-corrected chi connectivity index (χ4v) is 6.06. The molecule has 0 saturated carbocycles. The first-order valence-electron chi connectivity index (χ1n) is 6.77. The van der Waals surface area contributed by atoms with Crippen LogP contribution in [-0.4, -0.2) is 50.1 Å². The number of sulfonamides is 1. The molecule has 7 nitrogen and oxygen atoms in total. The monoisotopic (exact) mass is 502 g/mol. The van der Waals surface area contributed by atoms with Crippen LogP contribution in [0, 0.1) is 0 Å². The molecule has 1 saturated heterocycles. The molecule has 1 aromatic rings. The molecular weight excluding hydrogens is 494 g/mol. The lowest BCUT2D eigenvalue weighted by Crippen LogP contribution is -2.53. The van der Waals surface area contributed by atoms with E-state index in [0.717, 1.165) is 6.07 Å². The van der Waals surface area contributed by atoms with Crippen LogP contribution in [0.4, 0.5) is 0 Å². The van der Waals surface area contributed by atoms with E-state index < -0.39 is 53.1 Å². The molecule has 1 aliphatic heterocycles. The molecule has 0 aliphatic carbocycles. The van der Waals surface area contributed by atoms with Gasteiger partial charge in [-0.3, -0.25) is 4.79 Å². The Balaban J connectivity index is 2.26. The molecule has 1 fully saturated rings. The highest BCUT2D eigenvalue weighted by atomic mass is 35.6. The number of carbonyl (C=O) groups excluding carboxylic acids is 1. The standard InChI is InChI=1S/C12H11Cl5N2O5S2/c13-7-2-1-6(3-8(7)14)26(23,24)19-10-5-25(21,22)4-9(10)18-11(20)12(15,16)17/h1-3,9-10,19H,4-5H2,(H,18,20)/t9-,10+/m0/s1. The quantitative estimate of drug-likeness (QED) is 0.609. The molecule has 0 aromatic heterocycles. The van der Waals surface area contributed by atoms with Gasteiger partial charge in [0.15, 0.2) is 9.84 Å². The van der Waals surface area contributed by atoms with Crippen LogP contribution in [0.3, 0.4) is 0 Å². The predicted molar refractivity (Wildman–Crippen MR) is 101 cm³/mol. The van der Waals surface area contributed by atoms with Crippen molar-refractivity contribution in [1.29, 1.82) is 0 Å². The maximum Gasteiger partial charge on any atom is 0.272 e. The van der Waals surface area contributed by atoms with Gasteiger partial charge in [0.2, 0.25) is 10.0 Å². The van der Waals surface area contributed by atoms with E-state index >= 15 is 0 Å². The zero-order valence-electron chi connectivity index (χ0n) is 12.5. The summed E-state index contributed by atoms with van der Waals surface area (Å²) in [5.74, 6) is -2.10. The number of nitrogens with one attached hydrogen (secondary N) is 2. The zero-order valence-corrected chi connectivity index (χ0v) is 18.0. The van der Waals surface area contributed by atoms with Crippen molar-refractivity contribution in [3.05, 3.63) is 28.2 Å². The fraction of sp³-hybridized carbons (Fsp3) is 0.417. The van der Waals surface area contributed by atoms with Crippen LogP contribution in [-0.2, 0) is 24.7 Å². The lowest BCUT2D eigenvalue weighted by Gasteiger charge is -2.22. The van der Waals surface area contributed by atoms with Crippen molar-refractivity contribution in [2.75, 3.05) is 11.5 Å². The number of hydrogen-bond donors (Lipinski definition) is 2. The van der Waals surface area contributed by atoms with Crippen LogP contribution in [0.1, 0.15) is 0 Å². The molecule has 1 amide bonds. The molecule has 14 heteroatoms. The Morgan fingerprint density at radius 2 is 1.65 bits per heavy atom. The van der Waals surface area contributed by atoms with E-state index in [9.17, 15) is 21.6 Å². The van der Waals surface area contributed by atoms with Crippen LogP contribution in [0.25, 0.3) is 0 Å². The van der Waals surface area contributed by atoms with E-state index in [1.807, 2.05) is 0 Å². The van der Waals surface area contributed by atoms with E-state index in [2.05, 4.69) is 10.0 Å². The average molecular weight is 505 g/mol. The first kappa shape index (κ1) is 22.3. The minimum absolute atomic E-state index is 0.00893. The molecule has 0 unspecified atom stereocenters. The van der Waals surface area contributed by atoms with Gasteiger partial charge in [0.1, 0.15) is 0 Å². The number of amides is 1. The van der Waals surface area contributed by atoms with Crippen molar-refractivity contribution in [3.8, 4) is 0 Å². The minimum Gasteiger partial charge on any atom is -0.347 e. The molecule has 1 aromatic carbocycles. The molecule has 26 heavy (non-hydrogen) atoms. The summed E-state index contributed by atoms with van der Waals surface area (Å²) < 4.78 is 48.7. The molecule has 1 aliphatic rings. The number of benzene rings is 1. The van der Waals surface area contributed by atoms with Crippen LogP contribution >= 0.6 is 58.0 Å². The molecular formula is C12H11Cl5N2O5S2. The minimum atomic E-state index is -4.15. The van der Waals surface area contributed by atoms with Crippen molar-refractivity contribution in [2.45, 2.75) is 20.8 Å². The summed E-state index contributed by atoms with van der Waals surface area (Å²) in [6.45, 7) is 0. The SMILES string of the molecule is O=C(N[C@H]1CS(=O)(=O)C[C@H]1NS(=O)(=O)c1ccc(Cl)c(Cl)c1)C(Cl)(Cl)Cl. The third kappa shape index (κ3) is 5.51. The second-order valence-electron chi connectivity index (χ2n) is 5.46. The largest absolute Gasteiger partial charge is 0.347 e. The Morgan fingerprint density at radius 1 is 1.08 bits per heavy atom. The van der Waals surface area contributed by atoms with Gasteiger partial charge in [-0.15, -0.1) is 0 Å². The van der Waals surface area contributed by atoms with E-state index in [-0.39, 0.29) is 14.9 Å². The molecule has 146 valence electrons. The number of alkyl halides is 3. The molecule has 2 atom stereocenters. The molecule has 0 spiro atoms. The van der Waals surface area contributed by atoms with Gasteiger partial charge >= 0.3 is 0 Å². The van der Waals surface area contributed by atoms with Gasteiger partial charge in [0.25, 0.3) is 9.70 Å². The van der Waals surface area contributed by atoms with Crippen LogP contribution in [0.2, 0.25) is 10.0 Å². The van der Waals surface area contributed by atoms with E-state index in [1.165, 1.54) is 12.1 Å². The van der Waals surface area contributed by atoms with Gasteiger partial charge in [0.05, 0.1) is 38.5 Å². The number of carbonyl (C=O) groups is 1. The maximum atomic E-state index is 12.5. The second-order valence-corrected chi connectivity index (χ2v) is 12.4. The van der Waals surface area contributed by atoms with Gasteiger partial charge in [-0.2, -0.15) is 0 Å². The summed E-state index contributed by atoms with van der Waals surface area (Å²) in [6.07, 6.45) is 0. The molecule has 0 bridgehead atoms. The fourth-order valence-electron chi connectivity index (χ4n) is 2.27. The highest BCUT2D eigenvalue weighted by Crippen LogP contribution is 2.28. The maximum absolute atomic E-state index is 12.5. The van der Waals surface area contributed by atoms with E-state index in [4.69, 9.17) is 58.0 Å². The Kier molecular flexibility index (Phi) is 6.68. The van der Waals surface area contributed by atoms with Crippen molar-refractivity contribution in [3.63, 3.8) is 0 Å². The Bertz CT molecular complexity index is 930.